The number of rotatable bonds is 1. The fourth-order valence-electron chi connectivity index (χ4n) is 1.87. The second-order valence-electron chi connectivity index (χ2n) is 6.81. The van der Waals surface area contributed by atoms with Gasteiger partial charge in [-0.2, -0.15) is 0 Å². The Kier molecular flexibility index (Phi) is 3.10. The molecule has 0 amide bonds. The van der Waals surface area contributed by atoms with Crippen LogP contribution in [0.15, 0.2) is 0 Å². The van der Waals surface area contributed by atoms with E-state index in [0.29, 0.717) is 0 Å². The highest BCUT2D eigenvalue weighted by molar-refractivity contribution is 5.39. The van der Waals surface area contributed by atoms with Crippen LogP contribution < -0.4 is 5.73 Å². The predicted octanol–water partition coefficient (Wildman–Crippen LogP) is 2.89. The van der Waals surface area contributed by atoms with E-state index >= 15 is 0 Å². The van der Waals surface area contributed by atoms with E-state index in [1.54, 1.807) is 0 Å². The maximum Gasteiger partial charge on any atom is 0.126 e. The van der Waals surface area contributed by atoms with Crippen LogP contribution >= 0.6 is 0 Å². The summed E-state index contributed by atoms with van der Waals surface area (Å²) in [5.74, 6) is 1.86. The summed E-state index contributed by atoms with van der Waals surface area (Å²) in [5, 5.41) is 0. The van der Waals surface area contributed by atoms with E-state index in [0.717, 1.165) is 23.8 Å². The van der Waals surface area contributed by atoms with Crippen LogP contribution in [-0.2, 0) is 18.9 Å². The first kappa shape index (κ1) is 13.1. The minimum Gasteiger partial charge on any atom is -0.384 e. The van der Waals surface area contributed by atoms with Crippen molar-refractivity contribution in [1.82, 2.24) is 9.55 Å². The van der Waals surface area contributed by atoms with Crippen LogP contribution in [0.2, 0.25) is 0 Å². The predicted molar refractivity (Wildman–Crippen MR) is 69.5 cm³/mol. The van der Waals surface area contributed by atoms with Crippen LogP contribution in [0.1, 0.15) is 53.1 Å². The average molecular weight is 223 g/mol. The minimum atomic E-state index is 0.0407. The van der Waals surface area contributed by atoms with Gasteiger partial charge in [0.25, 0.3) is 0 Å². The fraction of sp³-hybridized carbons (Fsp3) is 0.769. The molecule has 1 rings (SSSR count). The molecular formula is C13H25N3. The van der Waals surface area contributed by atoms with Gasteiger partial charge in [-0.15, -0.1) is 0 Å². The molecule has 0 spiro atoms. The molecule has 1 heterocycles. The molecule has 0 aliphatic rings. The Morgan fingerprint density at radius 1 is 1.12 bits per heavy atom. The van der Waals surface area contributed by atoms with E-state index < -0.39 is 0 Å². The molecule has 0 aliphatic carbocycles. The average Bonchev–Trinajstić information content (AvgIpc) is 2.28. The second kappa shape index (κ2) is 3.79. The first-order chi connectivity index (χ1) is 7.02. The molecule has 1 aromatic rings. The zero-order valence-corrected chi connectivity index (χ0v) is 11.7. The number of aromatic nitrogens is 2. The maximum atomic E-state index is 6.11. The lowest BCUT2D eigenvalue weighted by molar-refractivity contribution is 0.406. The highest BCUT2D eigenvalue weighted by atomic mass is 15.1. The molecule has 0 bridgehead atoms. The van der Waals surface area contributed by atoms with Crippen molar-refractivity contribution in [2.24, 2.45) is 12.5 Å². The van der Waals surface area contributed by atoms with E-state index in [-0.39, 0.29) is 10.8 Å². The summed E-state index contributed by atoms with van der Waals surface area (Å²) in [5.41, 5.74) is 7.40. The van der Waals surface area contributed by atoms with Gasteiger partial charge in [0.2, 0.25) is 0 Å². The molecule has 0 fully saturated rings. The molecule has 3 nitrogen and oxygen atoms in total. The monoisotopic (exact) mass is 223 g/mol. The molecular weight excluding hydrogens is 198 g/mol. The van der Waals surface area contributed by atoms with Crippen molar-refractivity contribution in [2.75, 3.05) is 5.73 Å². The van der Waals surface area contributed by atoms with Gasteiger partial charge in [0.1, 0.15) is 11.6 Å². The first-order valence-corrected chi connectivity index (χ1v) is 5.84. The topological polar surface area (TPSA) is 43.8 Å². The third-order valence-electron chi connectivity index (χ3n) is 2.58. The van der Waals surface area contributed by atoms with E-state index in [9.17, 15) is 0 Å². The van der Waals surface area contributed by atoms with Crippen molar-refractivity contribution < 1.29 is 0 Å². The zero-order valence-electron chi connectivity index (χ0n) is 11.7. The fourth-order valence-corrected chi connectivity index (χ4v) is 1.87. The lowest BCUT2D eigenvalue weighted by Crippen LogP contribution is -2.18. The quantitative estimate of drug-likeness (QED) is 0.795. The first-order valence-electron chi connectivity index (χ1n) is 5.84. The number of nitrogens with zero attached hydrogens (tertiary/aromatic N) is 2. The van der Waals surface area contributed by atoms with Crippen molar-refractivity contribution in [3.8, 4) is 0 Å². The Hall–Kier alpha value is -0.990. The Labute approximate surface area is 99.1 Å². The van der Waals surface area contributed by atoms with Gasteiger partial charge in [-0.1, -0.05) is 41.5 Å². The summed E-state index contributed by atoms with van der Waals surface area (Å²) in [6, 6.07) is 0. The van der Waals surface area contributed by atoms with Crippen molar-refractivity contribution in [2.45, 2.75) is 53.4 Å². The minimum absolute atomic E-state index is 0.0407. The molecule has 3 heteroatoms. The van der Waals surface area contributed by atoms with Gasteiger partial charge < -0.3 is 10.3 Å². The molecule has 0 aliphatic heterocycles. The van der Waals surface area contributed by atoms with Crippen molar-refractivity contribution in [1.29, 1.82) is 0 Å². The van der Waals surface area contributed by atoms with Gasteiger partial charge in [0, 0.05) is 12.5 Å². The van der Waals surface area contributed by atoms with Crippen LogP contribution in [0.3, 0.4) is 0 Å². The van der Waals surface area contributed by atoms with Gasteiger partial charge in [-0.05, 0) is 11.8 Å². The number of hydrogen-bond acceptors (Lipinski definition) is 2. The Balaban J connectivity index is 3.16. The smallest absolute Gasteiger partial charge is 0.126 e. The molecule has 92 valence electrons. The molecule has 0 saturated carbocycles. The van der Waals surface area contributed by atoms with Crippen LogP contribution in [0.4, 0.5) is 5.82 Å². The number of hydrogen-bond donors (Lipinski definition) is 1. The Morgan fingerprint density at radius 3 is 1.94 bits per heavy atom. The summed E-state index contributed by atoms with van der Waals surface area (Å²) < 4.78 is 2.01. The molecule has 0 saturated heterocycles. The summed E-state index contributed by atoms with van der Waals surface area (Å²) >= 11 is 0. The summed E-state index contributed by atoms with van der Waals surface area (Å²) in [6.45, 7) is 13.1. The molecule has 1 aromatic heterocycles. The lowest BCUT2D eigenvalue weighted by Gasteiger charge is -2.17. The van der Waals surface area contributed by atoms with Crippen molar-refractivity contribution in [3.63, 3.8) is 0 Å². The highest BCUT2D eigenvalue weighted by Gasteiger charge is 2.25. The van der Waals surface area contributed by atoms with E-state index in [1.165, 1.54) is 0 Å². The molecule has 0 unspecified atom stereocenters. The van der Waals surface area contributed by atoms with E-state index in [1.807, 2.05) is 11.6 Å². The molecule has 0 radical (unpaired) electrons. The normalized spacial score (nSPS) is 13.2. The summed E-state index contributed by atoms with van der Waals surface area (Å²) in [4.78, 5) is 4.70. The van der Waals surface area contributed by atoms with Crippen molar-refractivity contribution in [3.05, 3.63) is 11.5 Å². The SMILES string of the molecule is Cn1c(C(C)(C)C)nc(CC(C)(C)C)c1N. The van der Waals surface area contributed by atoms with E-state index in [4.69, 9.17) is 10.7 Å². The standard InChI is InChI=1S/C13H25N3/c1-12(2,3)8-9-10(14)16(7)11(15-9)13(4,5)6/h8,14H2,1-7H3. The second-order valence-corrected chi connectivity index (χ2v) is 6.81. The third kappa shape index (κ3) is 2.77. The number of imidazole rings is 1. The van der Waals surface area contributed by atoms with Gasteiger partial charge in [0.15, 0.2) is 0 Å². The lowest BCUT2D eigenvalue weighted by atomic mass is 9.90. The van der Waals surface area contributed by atoms with Crippen LogP contribution in [0.5, 0.6) is 0 Å². The Morgan fingerprint density at radius 2 is 1.62 bits per heavy atom. The number of nitrogen functional groups attached to an aromatic ring is 1. The van der Waals surface area contributed by atoms with Gasteiger partial charge in [0.05, 0.1) is 5.69 Å². The van der Waals surface area contributed by atoms with Crippen LogP contribution in [0, 0.1) is 5.41 Å². The van der Waals surface area contributed by atoms with Gasteiger partial charge >= 0.3 is 0 Å². The highest BCUT2D eigenvalue weighted by Crippen LogP contribution is 2.28. The Bertz CT molecular complexity index is 375. The molecule has 2 N–H and O–H groups in total. The van der Waals surface area contributed by atoms with Gasteiger partial charge in [-0.25, -0.2) is 4.98 Å². The third-order valence-corrected chi connectivity index (χ3v) is 2.58. The van der Waals surface area contributed by atoms with Gasteiger partial charge in [-0.3, -0.25) is 0 Å². The maximum absolute atomic E-state index is 6.11. The van der Waals surface area contributed by atoms with Crippen molar-refractivity contribution >= 4 is 5.82 Å². The number of nitrogens with two attached hydrogens (primary N) is 1. The van der Waals surface area contributed by atoms with Crippen LogP contribution in [-0.4, -0.2) is 9.55 Å². The summed E-state index contributed by atoms with van der Waals surface area (Å²) in [7, 11) is 2.00. The largest absolute Gasteiger partial charge is 0.384 e. The van der Waals surface area contributed by atoms with Crippen LogP contribution in [0.25, 0.3) is 0 Å². The molecule has 0 atom stereocenters. The molecule has 16 heavy (non-hydrogen) atoms. The number of anilines is 1. The zero-order chi connectivity index (χ0) is 12.7. The van der Waals surface area contributed by atoms with E-state index in [2.05, 4.69) is 41.5 Å². The molecule has 0 aromatic carbocycles. The summed E-state index contributed by atoms with van der Waals surface area (Å²) in [6.07, 6.45) is 0.919.